The molecule has 1 aliphatic rings. The van der Waals surface area contributed by atoms with Gasteiger partial charge in [-0.1, -0.05) is 49.4 Å². The largest absolute Gasteiger partial charge is 0.312 e. The molecule has 1 aliphatic heterocycles. The van der Waals surface area contributed by atoms with Crippen molar-refractivity contribution in [2.75, 3.05) is 6.54 Å². The molecule has 0 aliphatic carbocycles. The second-order valence-electron chi connectivity index (χ2n) is 5.02. The lowest BCUT2D eigenvalue weighted by molar-refractivity contribution is 0.530. The van der Waals surface area contributed by atoms with Gasteiger partial charge in [0, 0.05) is 13.1 Å². The van der Waals surface area contributed by atoms with Crippen molar-refractivity contribution in [1.82, 2.24) is 5.32 Å². The summed E-state index contributed by atoms with van der Waals surface area (Å²) in [5, 5.41) is 3.52. The molecule has 0 saturated carbocycles. The van der Waals surface area contributed by atoms with E-state index in [0.29, 0.717) is 5.92 Å². The first-order valence-corrected chi connectivity index (χ1v) is 6.77. The van der Waals surface area contributed by atoms with E-state index < -0.39 is 0 Å². The Balaban J connectivity index is 2.01. The molecule has 1 N–H and O–H groups in total. The highest BCUT2D eigenvalue weighted by Gasteiger charge is 2.18. The van der Waals surface area contributed by atoms with Crippen LogP contribution < -0.4 is 5.32 Å². The summed E-state index contributed by atoms with van der Waals surface area (Å²) < 4.78 is 0. The summed E-state index contributed by atoms with van der Waals surface area (Å²) in [4.78, 5) is 0. The average molecular weight is 237 g/mol. The SMILES string of the molecule is CCC1CNCc2cc(-c3ccccc3)ccc21. The van der Waals surface area contributed by atoms with Crippen LogP contribution in [0, 0.1) is 0 Å². The van der Waals surface area contributed by atoms with Gasteiger partial charge in [0.2, 0.25) is 0 Å². The molecule has 18 heavy (non-hydrogen) atoms. The van der Waals surface area contributed by atoms with Crippen molar-refractivity contribution >= 4 is 0 Å². The van der Waals surface area contributed by atoms with Crippen molar-refractivity contribution in [2.24, 2.45) is 0 Å². The minimum Gasteiger partial charge on any atom is -0.312 e. The smallest absolute Gasteiger partial charge is 0.0208 e. The lowest BCUT2D eigenvalue weighted by Gasteiger charge is -2.26. The fourth-order valence-electron chi connectivity index (χ4n) is 2.82. The van der Waals surface area contributed by atoms with E-state index in [1.807, 2.05) is 0 Å². The van der Waals surface area contributed by atoms with Crippen molar-refractivity contribution in [3.63, 3.8) is 0 Å². The highest BCUT2D eigenvalue weighted by molar-refractivity contribution is 5.65. The summed E-state index contributed by atoms with van der Waals surface area (Å²) in [6.07, 6.45) is 1.21. The van der Waals surface area contributed by atoms with Crippen molar-refractivity contribution in [3.8, 4) is 11.1 Å². The van der Waals surface area contributed by atoms with Gasteiger partial charge in [0.25, 0.3) is 0 Å². The number of hydrogen-bond donors (Lipinski definition) is 1. The van der Waals surface area contributed by atoms with Crippen molar-refractivity contribution in [3.05, 3.63) is 59.7 Å². The highest BCUT2D eigenvalue weighted by Crippen LogP contribution is 2.30. The lowest BCUT2D eigenvalue weighted by Crippen LogP contribution is -2.27. The molecule has 1 heterocycles. The number of nitrogens with one attached hydrogen (secondary N) is 1. The molecule has 0 spiro atoms. The van der Waals surface area contributed by atoms with Gasteiger partial charge in [0.15, 0.2) is 0 Å². The maximum atomic E-state index is 3.52. The molecular weight excluding hydrogens is 218 g/mol. The Bertz CT molecular complexity index is 531. The molecule has 2 aromatic carbocycles. The monoisotopic (exact) mass is 237 g/mol. The summed E-state index contributed by atoms with van der Waals surface area (Å²) in [7, 11) is 0. The van der Waals surface area contributed by atoms with Crippen molar-refractivity contribution in [1.29, 1.82) is 0 Å². The minimum atomic E-state index is 0.679. The van der Waals surface area contributed by atoms with E-state index in [1.54, 1.807) is 0 Å². The van der Waals surface area contributed by atoms with Gasteiger partial charge in [-0.3, -0.25) is 0 Å². The predicted molar refractivity (Wildman–Crippen MR) is 76.6 cm³/mol. The van der Waals surface area contributed by atoms with Crippen LogP contribution in [0.1, 0.15) is 30.4 Å². The molecule has 0 fully saturated rings. The second-order valence-corrected chi connectivity index (χ2v) is 5.02. The van der Waals surface area contributed by atoms with Crippen LogP contribution in [-0.4, -0.2) is 6.54 Å². The van der Waals surface area contributed by atoms with Gasteiger partial charge in [0.05, 0.1) is 0 Å². The Morgan fingerprint density at radius 1 is 1.06 bits per heavy atom. The minimum absolute atomic E-state index is 0.679. The zero-order valence-electron chi connectivity index (χ0n) is 10.8. The topological polar surface area (TPSA) is 12.0 Å². The van der Waals surface area contributed by atoms with E-state index in [2.05, 4.69) is 60.8 Å². The Hall–Kier alpha value is -1.60. The maximum absolute atomic E-state index is 3.52. The molecule has 0 radical (unpaired) electrons. The second kappa shape index (κ2) is 4.95. The molecule has 92 valence electrons. The molecule has 1 heteroatoms. The van der Waals surface area contributed by atoms with E-state index in [1.165, 1.54) is 28.7 Å². The first-order valence-electron chi connectivity index (χ1n) is 6.77. The maximum Gasteiger partial charge on any atom is 0.0208 e. The van der Waals surface area contributed by atoms with E-state index in [-0.39, 0.29) is 0 Å². The van der Waals surface area contributed by atoms with Crippen molar-refractivity contribution < 1.29 is 0 Å². The number of benzene rings is 2. The zero-order chi connectivity index (χ0) is 12.4. The van der Waals surface area contributed by atoms with Crippen molar-refractivity contribution in [2.45, 2.75) is 25.8 Å². The summed E-state index contributed by atoms with van der Waals surface area (Å²) >= 11 is 0. The number of fused-ring (bicyclic) bond motifs is 1. The Labute approximate surface area is 109 Å². The van der Waals surface area contributed by atoms with Gasteiger partial charge in [-0.2, -0.15) is 0 Å². The van der Waals surface area contributed by atoms with Crippen LogP contribution in [0.25, 0.3) is 11.1 Å². The third-order valence-electron chi connectivity index (χ3n) is 3.89. The molecule has 0 saturated heterocycles. The Morgan fingerprint density at radius 3 is 2.67 bits per heavy atom. The molecular formula is C17H19N. The lowest BCUT2D eigenvalue weighted by atomic mass is 9.87. The van der Waals surface area contributed by atoms with Gasteiger partial charge in [0.1, 0.15) is 0 Å². The summed E-state index contributed by atoms with van der Waals surface area (Å²) in [6, 6.07) is 17.6. The molecule has 1 atom stereocenters. The number of rotatable bonds is 2. The highest BCUT2D eigenvalue weighted by atomic mass is 14.9. The van der Waals surface area contributed by atoms with Gasteiger partial charge in [-0.15, -0.1) is 0 Å². The Kier molecular flexibility index (Phi) is 3.16. The van der Waals surface area contributed by atoms with E-state index >= 15 is 0 Å². The molecule has 0 bridgehead atoms. The average Bonchev–Trinajstić information content (AvgIpc) is 2.47. The van der Waals surface area contributed by atoms with Gasteiger partial charge in [-0.05, 0) is 40.7 Å². The fraction of sp³-hybridized carbons (Fsp3) is 0.294. The normalized spacial score (nSPS) is 18.4. The molecule has 1 unspecified atom stereocenters. The van der Waals surface area contributed by atoms with Crippen LogP contribution in [0.3, 0.4) is 0 Å². The molecule has 1 nitrogen and oxygen atoms in total. The van der Waals surface area contributed by atoms with Crippen LogP contribution >= 0.6 is 0 Å². The zero-order valence-corrected chi connectivity index (χ0v) is 10.8. The van der Waals surface area contributed by atoms with Gasteiger partial charge < -0.3 is 5.32 Å². The quantitative estimate of drug-likeness (QED) is 0.834. The predicted octanol–water partition coefficient (Wildman–Crippen LogP) is 3.95. The third-order valence-corrected chi connectivity index (χ3v) is 3.89. The third kappa shape index (κ3) is 2.06. The van der Waals surface area contributed by atoms with Gasteiger partial charge >= 0.3 is 0 Å². The van der Waals surface area contributed by atoms with E-state index in [9.17, 15) is 0 Å². The first kappa shape index (κ1) is 11.5. The molecule has 3 rings (SSSR count). The van der Waals surface area contributed by atoms with Crippen LogP contribution in [0.4, 0.5) is 0 Å². The van der Waals surface area contributed by atoms with Gasteiger partial charge in [-0.25, -0.2) is 0 Å². The first-order chi connectivity index (χ1) is 8.88. The summed E-state index contributed by atoms with van der Waals surface area (Å²) in [5.74, 6) is 0.679. The molecule has 0 aromatic heterocycles. The summed E-state index contributed by atoms with van der Waals surface area (Å²) in [5.41, 5.74) is 5.64. The van der Waals surface area contributed by atoms with Crippen LogP contribution in [-0.2, 0) is 6.54 Å². The molecule has 0 amide bonds. The van der Waals surface area contributed by atoms with E-state index in [4.69, 9.17) is 0 Å². The van der Waals surface area contributed by atoms with Crippen LogP contribution in [0.2, 0.25) is 0 Å². The molecule has 2 aromatic rings. The standard InChI is InChI=1S/C17H19N/c1-2-13-11-18-12-16-10-15(8-9-17(13)16)14-6-4-3-5-7-14/h3-10,13,18H,2,11-12H2,1H3. The Morgan fingerprint density at radius 2 is 1.89 bits per heavy atom. The summed E-state index contributed by atoms with van der Waals surface area (Å²) in [6.45, 7) is 4.40. The fourth-order valence-corrected chi connectivity index (χ4v) is 2.82. The van der Waals surface area contributed by atoms with E-state index in [0.717, 1.165) is 13.1 Å². The number of hydrogen-bond acceptors (Lipinski definition) is 1. The van der Waals surface area contributed by atoms with Crippen LogP contribution in [0.15, 0.2) is 48.5 Å². The van der Waals surface area contributed by atoms with Crippen LogP contribution in [0.5, 0.6) is 0 Å².